The molecule has 7 nitrogen and oxygen atoms in total. The first-order chi connectivity index (χ1) is 15.2. The van der Waals surface area contributed by atoms with E-state index in [1.54, 1.807) is 6.08 Å². The Bertz CT molecular complexity index is 1460. The molecule has 0 saturated heterocycles. The summed E-state index contributed by atoms with van der Waals surface area (Å²) in [6, 6.07) is 7.79. The maximum atomic E-state index is 11.6. The van der Waals surface area contributed by atoms with Gasteiger partial charge in [0, 0.05) is 36.0 Å². The quantitative estimate of drug-likeness (QED) is 0.572. The molecule has 8 heteroatoms. The van der Waals surface area contributed by atoms with Crippen molar-refractivity contribution in [1.82, 2.24) is 0 Å². The third-order valence-electron chi connectivity index (χ3n) is 6.87. The van der Waals surface area contributed by atoms with Crippen LogP contribution >= 0.6 is 0 Å². The average molecular weight is 468 g/mol. The molecule has 0 bridgehead atoms. The minimum absolute atomic E-state index is 0.0453. The Hall–Kier alpha value is -2.71. The highest BCUT2D eigenvalue weighted by molar-refractivity contribution is 7.86. The van der Waals surface area contributed by atoms with Gasteiger partial charge < -0.3 is 9.64 Å². The molecule has 0 radical (unpaired) electrons. The first kappa shape index (κ1) is 22.1. The third kappa shape index (κ3) is 3.85. The lowest BCUT2D eigenvalue weighted by Crippen LogP contribution is -2.45. The molecule has 2 aromatic rings. The van der Waals surface area contributed by atoms with Gasteiger partial charge in [-0.25, -0.2) is 4.99 Å². The number of benzene rings is 2. The van der Waals surface area contributed by atoms with Crippen molar-refractivity contribution in [2.75, 3.05) is 17.7 Å². The SMILES string of the molecule is CC1CC(C)(C)N(C)c2cc3c(cc21)N=c1cc2c(cc1O3)=NC(C)(C)C=C2CS(=O)(=O)O. The van der Waals surface area contributed by atoms with Gasteiger partial charge in [0.15, 0.2) is 11.5 Å². The Kier molecular flexibility index (Phi) is 4.62. The van der Waals surface area contributed by atoms with Crippen LogP contribution in [0.5, 0.6) is 11.5 Å². The fourth-order valence-electron chi connectivity index (χ4n) is 5.24. The van der Waals surface area contributed by atoms with Crippen molar-refractivity contribution in [1.29, 1.82) is 0 Å². The molecule has 5 rings (SSSR count). The van der Waals surface area contributed by atoms with E-state index in [9.17, 15) is 13.0 Å². The fraction of sp³-hybridized carbons (Fsp3) is 0.440. The Morgan fingerprint density at radius 3 is 2.55 bits per heavy atom. The Morgan fingerprint density at radius 2 is 1.85 bits per heavy atom. The average Bonchev–Trinajstić information content (AvgIpc) is 2.66. The van der Waals surface area contributed by atoms with Crippen molar-refractivity contribution in [2.45, 2.75) is 58.0 Å². The zero-order chi connectivity index (χ0) is 23.9. The van der Waals surface area contributed by atoms with E-state index in [0.29, 0.717) is 39.3 Å². The van der Waals surface area contributed by atoms with Crippen LogP contribution in [0.4, 0.5) is 11.4 Å². The van der Waals surface area contributed by atoms with Crippen molar-refractivity contribution >= 4 is 27.1 Å². The highest BCUT2D eigenvalue weighted by atomic mass is 32.2. The van der Waals surface area contributed by atoms with Crippen molar-refractivity contribution in [3.05, 3.63) is 52.2 Å². The molecule has 0 aromatic heterocycles. The highest BCUT2D eigenvalue weighted by Gasteiger charge is 2.35. The molecule has 3 aliphatic heterocycles. The van der Waals surface area contributed by atoms with Gasteiger partial charge in [0.2, 0.25) is 0 Å². The van der Waals surface area contributed by atoms with Gasteiger partial charge in [-0.2, -0.15) is 8.42 Å². The van der Waals surface area contributed by atoms with Gasteiger partial charge in [-0.1, -0.05) is 13.0 Å². The van der Waals surface area contributed by atoms with E-state index in [4.69, 9.17) is 14.7 Å². The van der Waals surface area contributed by atoms with Gasteiger partial charge >= 0.3 is 0 Å². The van der Waals surface area contributed by atoms with E-state index in [1.807, 2.05) is 26.0 Å². The summed E-state index contributed by atoms with van der Waals surface area (Å²) in [5, 5.41) is 1.25. The minimum Gasteiger partial charge on any atom is -0.453 e. The van der Waals surface area contributed by atoms with E-state index in [1.165, 1.54) is 5.56 Å². The van der Waals surface area contributed by atoms with Gasteiger partial charge in [0.05, 0.1) is 10.9 Å². The molecule has 0 fully saturated rings. The van der Waals surface area contributed by atoms with Gasteiger partial charge in [0.1, 0.15) is 16.8 Å². The predicted octanol–water partition coefficient (Wildman–Crippen LogP) is 4.15. The zero-order valence-corrected chi connectivity index (χ0v) is 20.6. The van der Waals surface area contributed by atoms with Crippen LogP contribution in [0.1, 0.15) is 58.1 Å². The van der Waals surface area contributed by atoms with Crippen molar-refractivity contribution < 1.29 is 17.7 Å². The summed E-state index contributed by atoms with van der Waals surface area (Å²) in [5.74, 6) is 1.20. The zero-order valence-electron chi connectivity index (χ0n) is 19.8. The first-order valence-corrected chi connectivity index (χ1v) is 12.7. The smallest absolute Gasteiger partial charge is 0.269 e. The topological polar surface area (TPSA) is 91.6 Å². The maximum absolute atomic E-state index is 11.6. The molecule has 0 aliphatic carbocycles. The standard InChI is InChI=1S/C25H29N3O4S/c1-14-11-25(4,5)28(6)21-10-23-19(7-16(14)21)26-20-8-17-15(13-33(29,30)31)12-24(2,3)27-18(17)9-22(20)32-23/h7-10,12,14H,11,13H2,1-6H3,(H,29,30,31). The number of fused-ring (bicyclic) bond motifs is 4. The van der Waals surface area contributed by atoms with Gasteiger partial charge in [-0.05, 0) is 63.3 Å². The molecule has 2 aromatic carbocycles. The molecule has 33 heavy (non-hydrogen) atoms. The summed E-state index contributed by atoms with van der Waals surface area (Å²) in [5.41, 5.74) is 3.76. The van der Waals surface area contributed by atoms with Crippen LogP contribution in [0.2, 0.25) is 0 Å². The normalized spacial score (nSPS) is 21.8. The van der Waals surface area contributed by atoms with Crippen LogP contribution < -0.4 is 20.4 Å². The summed E-state index contributed by atoms with van der Waals surface area (Å²) in [6.45, 7) is 10.5. The lowest BCUT2D eigenvalue weighted by molar-refractivity contribution is 0.393. The largest absolute Gasteiger partial charge is 0.453 e. The summed E-state index contributed by atoms with van der Waals surface area (Å²) < 4.78 is 39.1. The molecule has 3 aliphatic rings. The molecule has 1 N–H and O–H groups in total. The number of hydrogen-bond donors (Lipinski definition) is 1. The lowest BCUT2D eigenvalue weighted by atomic mass is 9.80. The minimum atomic E-state index is -4.19. The maximum Gasteiger partial charge on any atom is 0.269 e. The van der Waals surface area contributed by atoms with Crippen molar-refractivity contribution in [3.63, 3.8) is 0 Å². The Morgan fingerprint density at radius 1 is 1.12 bits per heavy atom. The molecular weight excluding hydrogens is 438 g/mol. The van der Waals surface area contributed by atoms with E-state index in [0.717, 1.165) is 17.8 Å². The van der Waals surface area contributed by atoms with E-state index in [2.05, 4.69) is 44.9 Å². The first-order valence-electron chi connectivity index (χ1n) is 11.1. The second-order valence-corrected chi connectivity index (χ2v) is 12.0. The number of rotatable bonds is 2. The summed E-state index contributed by atoms with van der Waals surface area (Å²) >= 11 is 0. The summed E-state index contributed by atoms with van der Waals surface area (Å²) in [4.78, 5) is 11.9. The Labute approximate surface area is 194 Å². The number of anilines is 1. The molecule has 174 valence electrons. The van der Waals surface area contributed by atoms with E-state index in [-0.39, 0.29) is 5.54 Å². The predicted molar refractivity (Wildman–Crippen MR) is 129 cm³/mol. The number of ether oxygens (including phenoxy) is 1. The second kappa shape index (κ2) is 6.90. The van der Waals surface area contributed by atoms with Gasteiger partial charge in [0.25, 0.3) is 10.1 Å². The molecule has 0 amide bonds. The van der Waals surface area contributed by atoms with E-state index < -0.39 is 21.4 Å². The highest BCUT2D eigenvalue weighted by Crippen LogP contribution is 2.48. The number of nitrogens with zero attached hydrogens (tertiary/aromatic N) is 3. The van der Waals surface area contributed by atoms with Gasteiger partial charge in [-0.15, -0.1) is 0 Å². The third-order valence-corrected chi connectivity index (χ3v) is 7.55. The summed E-state index contributed by atoms with van der Waals surface area (Å²) in [7, 11) is -2.08. The van der Waals surface area contributed by atoms with Crippen LogP contribution in [0.25, 0.3) is 5.57 Å². The monoisotopic (exact) mass is 467 g/mol. The summed E-state index contributed by atoms with van der Waals surface area (Å²) in [6.07, 6.45) is 2.82. The molecule has 0 spiro atoms. The second-order valence-electron chi connectivity index (χ2n) is 10.6. The van der Waals surface area contributed by atoms with Crippen LogP contribution in [0, 0.1) is 0 Å². The molecule has 0 saturated carbocycles. The molecule has 3 heterocycles. The van der Waals surface area contributed by atoms with Crippen molar-refractivity contribution in [3.8, 4) is 11.5 Å². The fourth-order valence-corrected chi connectivity index (χ4v) is 5.87. The lowest BCUT2D eigenvalue weighted by Gasteiger charge is -2.45. The van der Waals surface area contributed by atoms with Crippen LogP contribution in [-0.4, -0.2) is 36.8 Å². The van der Waals surface area contributed by atoms with Crippen LogP contribution in [0.3, 0.4) is 0 Å². The van der Waals surface area contributed by atoms with Gasteiger partial charge in [-0.3, -0.25) is 9.55 Å². The molecule has 1 unspecified atom stereocenters. The molecule has 1 atom stereocenters. The van der Waals surface area contributed by atoms with Crippen LogP contribution in [-0.2, 0) is 10.1 Å². The number of hydrogen-bond acceptors (Lipinski definition) is 6. The molecular formula is C25H29N3O4S. The Balaban J connectivity index is 1.68. The van der Waals surface area contributed by atoms with E-state index >= 15 is 0 Å². The van der Waals surface area contributed by atoms with Crippen LogP contribution in [0.15, 0.2) is 40.3 Å². The van der Waals surface area contributed by atoms with Crippen molar-refractivity contribution in [2.24, 2.45) is 9.98 Å².